The molecule has 1 aromatic carbocycles. The van der Waals surface area contributed by atoms with Gasteiger partial charge in [0.25, 0.3) is 0 Å². The number of amides is 1. The van der Waals surface area contributed by atoms with Crippen LogP contribution in [0, 0.1) is 5.92 Å². The second kappa shape index (κ2) is 9.45. The molecule has 0 radical (unpaired) electrons. The first-order valence-electron chi connectivity index (χ1n) is 8.97. The average molecular weight is 384 g/mol. The molecule has 0 bridgehead atoms. The van der Waals surface area contributed by atoms with Crippen molar-refractivity contribution in [3.8, 4) is 0 Å². The lowest BCUT2D eigenvalue weighted by molar-refractivity contribution is -0.121. The van der Waals surface area contributed by atoms with Crippen molar-refractivity contribution in [1.29, 1.82) is 0 Å². The summed E-state index contributed by atoms with van der Waals surface area (Å²) in [6.07, 6.45) is 0.920. The van der Waals surface area contributed by atoms with Gasteiger partial charge in [0.1, 0.15) is 0 Å². The molecule has 3 N–H and O–H groups in total. The van der Waals surface area contributed by atoms with Crippen LogP contribution in [0.2, 0.25) is 0 Å². The first kappa shape index (κ1) is 20.8. The number of primary sulfonamides is 1. The van der Waals surface area contributed by atoms with Crippen molar-refractivity contribution >= 4 is 15.9 Å². The molecule has 0 spiro atoms. The Labute approximate surface area is 155 Å². The van der Waals surface area contributed by atoms with Crippen LogP contribution in [0.5, 0.6) is 0 Å². The maximum absolute atomic E-state index is 12.2. The van der Waals surface area contributed by atoms with Crippen LogP contribution in [0.4, 0.5) is 0 Å². The first-order chi connectivity index (χ1) is 12.3. The van der Waals surface area contributed by atoms with Gasteiger partial charge in [-0.25, -0.2) is 13.6 Å². The summed E-state index contributed by atoms with van der Waals surface area (Å²) in [7, 11) is -3.68. The Kier molecular flexibility index (Phi) is 7.57. The fourth-order valence-electron chi connectivity index (χ4n) is 3.11. The molecule has 1 saturated heterocycles. The van der Waals surface area contributed by atoms with Crippen LogP contribution in [0.15, 0.2) is 29.2 Å². The van der Waals surface area contributed by atoms with Gasteiger partial charge in [-0.2, -0.15) is 0 Å². The van der Waals surface area contributed by atoms with Crippen LogP contribution in [-0.2, 0) is 26.0 Å². The number of morpholine rings is 1. The van der Waals surface area contributed by atoms with E-state index in [9.17, 15) is 13.2 Å². The van der Waals surface area contributed by atoms with E-state index in [0.29, 0.717) is 31.3 Å². The summed E-state index contributed by atoms with van der Waals surface area (Å²) in [5.74, 6) is 0.443. The second-order valence-corrected chi connectivity index (χ2v) is 8.51. The summed E-state index contributed by atoms with van der Waals surface area (Å²) in [6, 6.07) is 6.62. The minimum absolute atomic E-state index is 0.000526. The van der Waals surface area contributed by atoms with Crippen LogP contribution in [0.25, 0.3) is 0 Å². The predicted octanol–water partition coefficient (Wildman–Crippen LogP) is 0.740. The standard InChI is InChI=1S/C18H29N3O4S/c1-14(2)17(21-9-11-25-12-10-21)13-20-18(22)8-5-15-3-6-16(7-4-15)26(19,23)24/h3-4,6-7,14,17H,5,8-13H2,1-2H3,(H,20,22)(H2,19,23,24)/t17-/m1/s1. The summed E-state index contributed by atoms with van der Waals surface area (Å²) in [6.45, 7) is 8.24. The smallest absolute Gasteiger partial charge is 0.238 e. The molecule has 1 aliphatic rings. The van der Waals surface area contributed by atoms with Crippen molar-refractivity contribution in [3.63, 3.8) is 0 Å². The van der Waals surface area contributed by atoms with Crippen molar-refractivity contribution in [2.75, 3.05) is 32.8 Å². The van der Waals surface area contributed by atoms with Gasteiger partial charge in [-0.1, -0.05) is 26.0 Å². The zero-order chi connectivity index (χ0) is 19.2. The van der Waals surface area contributed by atoms with Gasteiger partial charge in [0, 0.05) is 32.1 Å². The maximum atomic E-state index is 12.2. The molecule has 146 valence electrons. The number of benzene rings is 1. The summed E-state index contributed by atoms with van der Waals surface area (Å²) in [4.78, 5) is 14.6. The molecular weight excluding hydrogens is 354 g/mol. The van der Waals surface area contributed by atoms with Gasteiger partial charge >= 0.3 is 0 Å². The topological polar surface area (TPSA) is 102 Å². The van der Waals surface area contributed by atoms with E-state index in [2.05, 4.69) is 24.1 Å². The number of sulfonamides is 1. The van der Waals surface area contributed by atoms with E-state index < -0.39 is 10.0 Å². The highest BCUT2D eigenvalue weighted by molar-refractivity contribution is 7.89. The molecule has 8 heteroatoms. The Morgan fingerprint density at radius 3 is 2.38 bits per heavy atom. The Morgan fingerprint density at radius 2 is 1.85 bits per heavy atom. The summed E-state index contributed by atoms with van der Waals surface area (Å²) < 4.78 is 27.9. The lowest BCUT2D eigenvalue weighted by Crippen LogP contribution is -2.51. The minimum atomic E-state index is -3.68. The number of nitrogens with one attached hydrogen (secondary N) is 1. The molecule has 2 rings (SSSR count). The molecule has 26 heavy (non-hydrogen) atoms. The number of carbonyl (C=O) groups is 1. The van der Waals surface area contributed by atoms with Gasteiger partial charge in [-0.3, -0.25) is 9.69 Å². The lowest BCUT2D eigenvalue weighted by atomic mass is 10.0. The summed E-state index contributed by atoms with van der Waals surface area (Å²) >= 11 is 0. The molecule has 0 aliphatic carbocycles. The van der Waals surface area contributed by atoms with E-state index in [1.54, 1.807) is 12.1 Å². The largest absolute Gasteiger partial charge is 0.379 e. The van der Waals surface area contributed by atoms with Gasteiger partial charge in [0.05, 0.1) is 18.1 Å². The molecule has 7 nitrogen and oxygen atoms in total. The quantitative estimate of drug-likeness (QED) is 0.689. The molecule has 0 saturated carbocycles. The normalized spacial score (nSPS) is 17.2. The SMILES string of the molecule is CC(C)[C@@H](CNC(=O)CCc1ccc(S(N)(=O)=O)cc1)N1CCOCC1. The number of aryl methyl sites for hydroxylation is 1. The number of carbonyl (C=O) groups excluding carboxylic acids is 1. The lowest BCUT2D eigenvalue weighted by Gasteiger charge is -2.36. The van der Waals surface area contributed by atoms with Crippen LogP contribution in [0.1, 0.15) is 25.8 Å². The second-order valence-electron chi connectivity index (χ2n) is 6.95. The van der Waals surface area contributed by atoms with E-state index in [1.165, 1.54) is 12.1 Å². The van der Waals surface area contributed by atoms with Gasteiger partial charge < -0.3 is 10.1 Å². The Morgan fingerprint density at radius 1 is 1.23 bits per heavy atom. The maximum Gasteiger partial charge on any atom is 0.238 e. The van der Waals surface area contributed by atoms with Gasteiger partial charge in [0.2, 0.25) is 15.9 Å². The van der Waals surface area contributed by atoms with Crippen LogP contribution < -0.4 is 10.5 Å². The molecule has 0 unspecified atom stereocenters. The summed E-state index contributed by atoms with van der Waals surface area (Å²) in [5.41, 5.74) is 0.904. The highest BCUT2D eigenvalue weighted by atomic mass is 32.2. The van der Waals surface area contributed by atoms with Crippen LogP contribution in [-0.4, -0.2) is 58.1 Å². The number of ether oxygens (including phenoxy) is 1. The third-order valence-electron chi connectivity index (χ3n) is 4.69. The monoisotopic (exact) mass is 383 g/mol. The highest BCUT2D eigenvalue weighted by Crippen LogP contribution is 2.13. The number of hydrogen-bond acceptors (Lipinski definition) is 5. The Balaban J connectivity index is 1.80. The molecule has 1 aliphatic heterocycles. The molecule has 1 amide bonds. The van der Waals surface area contributed by atoms with Crippen molar-refractivity contribution in [2.24, 2.45) is 11.1 Å². The molecule has 1 aromatic rings. The van der Waals surface area contributed by atoms with Crippen LogP contribution >= 0.6 is 0 Å². The van der Waals surface area contributed by atoms with E-state index in [0.717, 1.165) is 31.9 Å². The number of hydrogen-bond donors (Lipinski definition) is 2. The van der Waals surface area contributed by atoms with E-state index in [-0.39, 0.29) is 10.8 Å². The van der Waals surface area contributed by atoms with E-state index in [1.807, 2.05) is 0 Å². The van der Waals surface area contributed by atoms with E-state index >= 15 is 0 Å². The molecule has 1 atom stereocenters. The zero-order valence-corrected chi connectivity index (χ0v) is 16.3. The zero-order valence-electron chi connectivity index (χ0n) is 15.5. The molecule has 0 aromatic heterocycles. The molecule has 1 fully saturated rings. The van der Waals surface area contributed by atoms with E-state index in [4.69, 9.17) is 9.88 Å². The third-order valence-corrected chi connectivity index (χ3v) is 5.61. The predicted molar refractivity (Wildman–Crippen MR) is 100 cm³/mol. The van der Waals surface area contributed by atoms with Gasteiger partial charge in [-0.15, -0.1) is 0 Å². The molecule has 1 heterocycles. The fourth-order valence-corrected chi connectivity index (χ4v) is 3.62. The minimum Gasteiger partial charge on any atom is -0.379 e. The van der Waals surface area contributed by atoms with Gasteiger partial charge in [-0.05, 0) is 30.0 Å². The highest BCUT2D eigenvalue weighted by Gasteiger charge is 2.24. The number of nitrogens with two attached hydrogens (primary N) is 1. The van der Waals surface area contributed by atoms with Crippen molar-refractivity contribution in [1.82, 2.24) is 10.2 Å². The third kappa shape index (κ3) is 6.35. The Bertz CT molecular complexity index is 683. The van der Waals surface area contributed by atoms with Crippen molar-refractivity contribution in [3.05, 3.63) is 29.8 Å². The van der Waals surface area contributed by atoms with Crippen molar-refractivity contribution < 1.29 is 17.9 Å². The number of rotatable bonds is 8. The average Bonchev–Trinajstić information content (AvgIpc) is 2.60. The van der Waals surface area contributed by atoms with Gasteiger partial charge in [0.15, 0.2) is 0 Å². The summed E-state index contributed by atoms with van der Waals surface area (Å²) in [5, 5.41) is 8.11. The molecular formula is C18H29N3O4S. The first-order valence-corrected chi connectivity index (χ1v) is 10.5. The Hall–Kier alpha value is -1.48. The van der Waals surface area contributed by atoms with Crippen LogP contribution in [0.3, 0.4) is 0 Å². The number of nitrogens with zero attached hydrogens (tertiary/aromatic N) is 1. The fraction of sp³-hybridized carbons (Fsp3) is 0.611. The van der Waals surface area contributed by atoms with Crippen molar-refractivity contribution in [2.45, 2.75) is 37.6 Å².